The highest BCUT2D eigenvalue weighted by atomic mass is 16.2. The average Bonchev–Trinajstić information content (AvgIpc) is 2.77. The predicted molar refractivity (Wildman–Crippen MR) is 93.4 cm³/mol. The molecule has 0 N–H and O–H groups in total. The topological polar surface area (TPSA) is 74.8 Å². The fraction of sp³-hybridized carbons (Fsp3) is 0.474. The standard InChI is InChI=1S/C19H24N2O4/c1-6-20-17(23)18(24)21(19(20)25)10-16(22)14-8-7-13(11(2)3)9-15(14)12(4)5/h7-9,11-12H,6,10H2,1-5H3. The maximum atomic E-state index is 12.7. The Hall–Kier alpha value is -2.50. The van der Waals surface area contributed by atoms with Crippen LogP contribution >= 0.6 is 0 Å². The minimum absolute atomic E-state index is 0.106. The van der Waals surface area contributed by atoms with E-state index in [1.54, 1.807) is 13.0 Å². The van der Waals surface area contributed by atoms with Gasteiger partial charge in [-0.05, 0) is 29.9 Å². The Bertz CT molecular complexity index is 737. The first-order chi connectivity index (χ1) is 11.7. The number of hydrogen-bond acceptors (Lipinski definition) is 4. The van der Waals surface area contributed by atoms with E-state index in [-0.39, 0.29) is 18.2 Å². The highest BCUT2D eigenvalue weighted by Gasteiger charge is 2.44. The molecular weight excluding hydrogens is 320 g/mol. The van der Waals surface area contributed by atoms with Crippen LogP contribution in [0.25, 0.3) is 0 Å². The molecule has 1 heterocycles. The van der Waals surface area contributed by atoms with Crippen molar-refractivity contribution in [1.82, 2.24) is 9.80 Å². The van der Waals surface area contributed by atoms with Gasteiger partial charge in [-0.15, -0.1) is 0 Å². The van der Waals surface area contributed by atoms with Gasteiger partial charge in [-0.25, -0.2) is 9.69 Å². The van der Waals surface area contributed by atoms with Crippen molar-refractivity contribution in [2.24, 2.45) is 0 Å². The highest BCUT2D eigenvalue weighted by molar-refractivity contribution is 6.45. The molecule has 1 aromatic rings. The minimum Gasteiger partial charge on any atom is -0.292 e. The molecule has 25 heavy (non-hydrogen) atoms. The molecular formula is C19H24N2O4. The third-order valence-electron chi connectivity index (χ3n) is 4.42. The Morgan fingerprint density at radius 1 is 0.960 bits per heavy atom. The van der Waals surface area contributed by atoms with Crippen LogP contribution in [0.4, 0.5) is 4.79 Å². The molecule has 2 rings (SSSR count). The van der Waals surface area contributed by atoms with Crippen molar-refractivity contribution in [3.8, 4) is 0 Å². The number of amides is 4. The number of ketones is 1. The average molecular weight is 344 g/mol. The first kappa shape index (κ1) is 18.8. The minimum atomic E-state index is -0.940. The molecule has 0 bridgehead atoms. The second-order valence-corrected chi connectivity index (χ2v) is 6.80. The first-order valence-electron chi connectivity index (χ1n) is 8.53. The monoisotopic (exact) mass is 344 g/mol. The normalized spacial score (nSPS) is 15.1. The lowest BCUT2D eigenvalue weighted by Gasteiger charge is -2.18. The summed E-state index contributed by atoms with van der Waals surface area (Å²) in [6.07, 6.45) is 0. The number of hydrogen-bond donors (Lipinski definition) is 0. The van der Waals surface area contributed by atoms with Gasteiger partial charge in [0.15, 0.2) is 5.78 Å². The smallest absolute Gasteiger partial charge is 0.292 e. The lowest BCUT2D eigenvalue weighted by atomic mass is 9.90. The maximum absolute atomic E-state index is 12.7. The first-order valence-corrected chi connectivity index (χ1v) is 8.53. The van der Waals surface area contributed by atoms with E-state index in [4.69, 9.17) is 0 Å². The number of likely N-dealkylation sites (N-methyl/N-ethyl adjacent to an activating group) is 1. The Morgan fingerprint density at radius 3 is 2.04 bits per heavy atom. The molecule has 0 atom stereocenters. The van der Waals surface area contributed by atoms with Crippen LogP contribution in [0.15, 0.2) is 18.2 Å². The third kappa shape index (κ3) is 3.48. The number of imide groups is 2. The van der Waals surface area contributed by atoms with Gasteiger partial charge in [0.25, 0.3) is 0 Å². The van der Waals surface area contributed by atoms with Crippen LogP contribution in [-0.4, -0.2) is 46.5 Å². The van der Waals surface area contributed by atoms with Crippen molar-refractivity contribution in [3.63, 3.8) is 0 Å². The molecule has 1 fully saturated rings. The molecule has 1 aliphatic rings. The van der Waals surface area contributed by atoms with Crippen LogP contribution in [-0.2, 0) is 9.59 Å². The molecule has 0 aliphatic carbocycles. The van der Waals surface area contributed by atoms with Gasteiger partial charge >= 0.3 is 17.8 Å². The number of urea groups is 1. The Morgan fingerprint density at radius 2 is 1.56 bits per heavy atom. The summed E-state index contributed by atoms with van der Waals surface area (Å²) < 4.78 is 0. The second-order valence-electron chi connectivity index (χ2n) is 6.80. The van der Waals surface area contributed by atoms with E-state index in [0.717, 1.165) is 20.9 Å². The van der Waals surface area contributed by atoms with E-state index >= 15 is 0 Å². The molecule has 6 heteroatoms. The van der Waals surface area contributed by atoms with Crippen LogP contribution in [0, 0.1) is 0 Å². The van der Waals surface area contributed by atoms with E-state index in [0.29, 0.717) is 11.5 Å². The maximum Gasteiger partial charge on any atom is 0.334 e. The summed E-state index contributed by atoms with van der Waals surface area (Å²) in [5.74, 6) is -1.70. The summed E-state index contributed by atoms with van der Waals surface area (Å²) in [5.41, 5.74) is 2.50. The zero-order chi connectivity index (χ0) is 18.9. The number of rotatable bonds is 6. The third-order valence-corrected chi connectivity index (χ3v) is 4.42. The van der Waals surface area contributed by atoms with Gasteiger partial charge in [-0.1, -0.05) is 45.9 Å². The van der Waals surface area contributed by atoms with Crippen molar-refractivity contribution < 1.29 is 19.2 Å². The molecule has 0 radical (unpaired) electrons. The Balaban J connectivity index is 2.31. The quantitative estimate of drug-likeness (QED) is 0.452. The zero-order valence-corrected chi connectivity index (χ0v) is 15.3. The van der Waals surface area contributed by atoms with E-state index in [9.17, 15) is 19.2 Å². The van der Waals surface area contributed by atoms with Crippen molar-refractivity contribution in [1.29, 1.82) is 0 Å². The van der Waals surface area contributed by atoms with Gasteiger partial charge in [0.1, 0.15) is 0 Å². The van der Waals surface area contributed by atoms with Crippen LogP contribution in [0.1, 0.15) is 67.9 Å². The van der Waals surface area contributed by atoms with Gasteiger partial charge in [0.2, 0.25) is 0 Å². The molecule has 4 amide bonds. The summed E-state index contributed by atoms with van der Waals surface area (Å²) in [7, 11) is 0. The molecule has 6 nitrogen and oxygen atoms in total. The zero-order valence-electron chi connectivity index (χ0n) is 15.3. The fourth-order valence-electron chi connectivity index (χ4n) is 2.87. The van der Waals surface area contributed by atoms with Crippen molar-refractivity contribution in [2.75, 3.05) is 13.1 Å². The van der Waals surface area contributed by atoms with Gasteiger partial charge in [-0.3, -0.25) is 19.3 Å². The number of Topliss-reactive ketones (excluding diaryl/α,β-unsaturated/α-hetero) is 1. The molecule has 0 unspecified atom stereocenters. The van der Waals surface area contributed by atoms with E-state index in [1.165, 1.54) is 0 Å². The number of benzene rings is 1. The molecule has 1 saturated heterocycles. The lowest BCUT2D eigenvalue weighted by Crippen LogP contribution is -2.37. The molecule has 1 aromatic carbocycles. The summed E-state index contributed by atoms with van der Waals surface area (Å²) >= 11 is 0. The van der Waals surface area contributed by atoms with Crippen molar-refractivity contribution >= 4 is 23.6 Å². The molecule has 0 spiro atoms. The van der Waals surface area contributed by atoms with Crippen molar-refractivity contribution in [3.05, 3.63) is 34.9 Å². The van der Waals surface area contributed by atoms with Gasteiger partial charge in [-0.2, -0.15) is 0 Å². The van der Waals surface area contributed by atoms with Gasteiger partial charge in [0, 0.05) is 12.1 Å². The van der Waals surface area contributed by atoms with Gasteiger partial charge in [0.05, 0.1) is 6.54 Å². The second kappa shape index (κ2) is 7.17. The summed E-state index contributed by atoms with van der Waals surface area (Å²) in [6.45, 7) is 9.43. The Kier molecular flexibility index (Phi) is 5.40. The summed E-state index contributed by atoms with van der Waals surface area (Å²) in [6, 6.07) is 4.91. The molecule has 134 valence electrons. The number of carbonyl (C=O) groups excluding carboxylic acids is 4. The molecule has 1 aliphatic heterocycles. The van der Waals surface area contributed by atoms with E-state index < -0.39 is 24.4 Å². The predicted octanol–water partition coefficient (Wildman–Crippen LogP) is 2.93. The number of carbonyl (C=O) groups is 4. The van der Waals surface area contributed by atoms with Crippen LogP contribution in [0.2, 0.25) is 0 Å². The lowest BCUT2D eigenvalue weighted by molar-refractivity contribution is -0.143. The summed E-state index contributed by atoms with van der Waals surface area (Å²) in [4.78, 5) is 50.2. The van der Waals surface area contributed by atoms with E-state index in [1.807, 2.05) is 26.0 Å². The fourth-order valence-corrected chi connectivity index (χ4v) is 2.87. The number of nitrogens with zero attached hydrogens (tertiary/aromatic N) is 2. The van der Waals surface area contributed by atoms with Gasteiger partial charge < -0.3 is 0 Å². The van der Waals surface area contributed by atoms with Crippen LogP contribution < -0.4 is 0 Å². The molecule has 0 saturated carbocycles. The van der Waals surface area contributed by atoms with Crippen LogP contribution in [0.5, 0.6) is 0 Å². The molecule has 0 aromatic heterocycles. The summed E-state index contributed by atoms with van der Waals surface area (Å²) in [5, 5.41) is 0. The SMILES string of the molecule is CCN1C(=O)C(=O)N(CC(=O)c2ccc(C(C)C)cc2C(C)C)C1=O. The van der Waals surface area contributed by atoms with Crippen LogP contribution in [0.3, 0.4) is 0 Å². The highest BCUT2D eigenvalue weighted by Crippen LogP contribution is 2.26. The van der Waals surface area contributed by atoms with E-state index in [2.05, 4.69) is 13.8 Å². The van der Waals surface area contributed by atoms with Crippen molar-refractivity contribution in [2.45, 2.75) is 46.5 Å². The largest absolute Gasteiger partial charge is 0.334 e. The Labute approximate surface area is 147 Å².